The molecule has 0 aliphatic carbocycles. The lowest BCUT2D eigenvalue weighted by molar-refractivity contribution is 0.946. The molecule has 0 amide bonds. The lowest BCUT2D eigenvalue weighted by Crippen LogP contribution is -2.00. The monoisotopic (exact) mass is 233 g/mol. The molecule has 0 unspecified atom stereocenters. The first-order chi connectivity index (χ1) is 7.72. The van der Waals surface area contributed by atoms with E-state index in [2.05, 4.69) is 41.3 Å². The summed E-state index contributed by atoms with van der Waals surface area (Å²) in [5.74, 6) is 1.76. The molecule has 2 aromatic heterocycles. The van der Waals surface area contributed by atoms with Gasteiger partial charge in [-0.05, 0) is 19.1 Å². The maximum absolute atomic E-state index is 4.54. The third-order valence-corrected chi connectivity index (χ3v) is 3.36. The normalized spacial score (nSPS) is 10.4. The molecule has 2 heterocycles. The average Bonchev–Trinajstić information content (AvgIpc) is 2.75. The predicted molar refractivity (Wildman–Crippen MR) is 69.0 cm³/mol. The molecule has 2 rings (SSSR count). The standard InChI is InChI=1S/C12H15N3S/c1-4-11-14-9(7-12(13-3)15-11)10-6-5-8(2)16-10/h5-7H,4H2,1-3H3,(H,13,14,15). The van der Waals surface area contributed by atoms with E-state index in [4.69, 9.17) is 0 Å². The van der Waals surface area contributed by atoms with Crippen molar-refractivity contribution in [1.82, 2.24) is 9.97 Å². The van der Waals surface area contributed by atoms with Crippen LogP contribution in [0.3, 0.4) is 0 Å². The molecule has 4 heteroatoms. The molecule has 16 heavy (non-hydrogen) atoms. The van der Waals surface area contributed by atoms with Crippen LogP contribution in [-0.2, 0) is 6.42 Å². The van der Waals surface area contributed by atoms with Crippen molar-refractivity contribution < 1.29 is 0 Å². The van der Waals surface area contributed by atoms with Gasteiger partial charge < -0.3 is 5.32 Å². The fourth-order valence-corrected chi connectivity index (χ4v) is 2.31. The van der Waals surface area contributed by atoms with Gasteiger partial charge in [-0.2, -0.15) is 0 Å². The smallest absolute Gasteiger partial charge is 0.131 e. The van der Waals surface area contributed by atoms with Gasteiger partial charge in [-0.25, -0.2) is 9.97 Å². The van der Waals surface area contributed by atoms with Gasteiger partial charge in [-0.1, -0.05) is 6.92 Å². The number of hydrogen-bond donors (Lipinski definition) is 1. The van der Waals surface area contributed by atoms with Crippen LogP contribution in [0.5, 0.6) is 0 Å². The van der Waals surface area contributed by atoms with Crippen LogP contribution >= 0.6 is 11.3 Å². The molecule has 0 bridgehead atoms. The number of aryl methyl sites for hydroxylation is 2. The summed E-state index contributed by atoms with van der Waals surface area (Å²) in [4.78, 5) is 11.4. The Bertz CT molecular complexity index is 469. The SMILES string of the molecule is CCc1nc(NC)cc(-c2ccc(C)s2)n1. The lowest BCUT2D eigenvalue weighted by Gasteiger charge is -2.05. The number of hydrogen-bond acceptors (Lipinski definition) is 4. The molecule has 0 saturated heterocycles. The zero-order chi connectivity index (χ0) is 11.5. The molecule has 0 fully saturated rings. The number of nitrogens with zero attached hydrogens (tertiary/aromatic N) is 2. The second-order valence-corrected chi connectivity index (χ2v) is 4.86. The zero-order valence-electron chi connectivity index (χ0n) is 9.74. The Kier molecular flexibility index (Phi) is 3.19. The van der Waals surface area contributed by atoms with Crippen LogP contribution in [0.25, 0.3) is 10.6 Å². The number of thiophene rings is 1. The van der Waals surface area contributed by atoms with Gasteiger partial charge in [-0.15, -0.1) is 11.3 Å². The predicted octanol–water partition coefficient (Wildman–Crippen LogP) is 3.12. The van der Waals surface area contributed by atoms with Crippen molar-refractivity contribution in [2.24, 2.45) is 0 Å². The van der Waals surface area contributed by atoms with Crippen molar-refractivity contribution in [3.8, 4) is 10.6 Å². The highest BCUT2D eigenvalue weighted by Crippen LogP contribution is 2.27. The first-order valence-corrected chi connectivity index (χ1v) is 6.17. The number of anilines is 1. The summed E-state index contributed by atoms with van der Waals surface area (Å²) < 4.78 is 0. The van der Waals surface area contributed by atoms with Gasteiger partial charge in [0.25, 0.3) is 0 Å². The van der Waals surface area contributed by atoms with Gasteiger partial charge in [0.2, 0.25) is 0 Å². The molecule has 84 valence electrons. The topological polar surface area (TPSA) is 37.8 Å². The molecule has 1 N–H and O–H groups in total. The van der Waals surface area contributed by atoms with Crippen molar-refractivity contribution in [2.75, 3.05) is 12.4 Å². The Morgan fingerprint density at radius 3 is 2.69 bits per heavy atom. The van der Waals surface area contributed by atoms with Crippen LogP contribution in [0.4, 0.5) is 5.82 Å². The largest absolute Gasteiger partial charge is 0.373 e. The van der Waals surface area contributed by atoms with Gasteiger partial charge >= 0.3 is 0 Å². The van der Waals surface area contributed by atoms with Gasteiger partial charge in [0.05, 0.1) is 10.6 Å². The highest BCUT2D eigenvalue weighted by molar-refractivity contribution is 7.15. The quantitative estimate of drug-likeness (QED) is 0.885. The maximum atomic E-state index is 4.54. The minimum Gasteiger partial charge on any atom is -0.373 e. The fraction of sp³-hybridized carbons (Fsp3) is 0.333. The third-order valence-electron chi connectivity index (χ3n) is 2.34. The van der Waals surface area contributed by atoms with Crippen LogP contribution in [0.15, 0.2) is 18.2 Å². The van der Waals surface area contributed by atoms with Crippen LogP contribution < -0.4 is 5.32 Å². The lowest BCUT2D eigenvalue weighted by atomic mass is 10.3. The van der Waals surface area contributed by atoms with E-state index in [1.165, 1.54) is 9.75 Å². The Balaban J connectivity index is 2.47. The number of rotatable bonds is 3. The molecule has 0 radical (unpaired) electrons. The number of nitrogens with one attached hydrogen (secondary N) is 1. The Labute approximate surface area is 99.6 Å². The Morgan fingerprint density at radius 1 is 1.31 bits per heavy atom. The molecule has 0 aliphatic rings. The van der Waals surface area contributed by atoms with E-state index in [9.17, 15) is 0 Å². The molecule has 0 aromatic carbocycles. The molecule has 2 aromatic rings. The van der Waals surface area contributed by atoms with Crippen LogP contribution in [0, 0.1) is 6.92 Å². The van der Waals surface area contributed by atoms with E-state index in [0.717, 1.165) is 23.8 Å². The van der Waals surface area contributed by atoms with Crippen LogP contribution in [-0.4, -0.2) is 17.0 Å². The summed E-state index contributed by atoms with van der Waals surface area (Å²) >= 11 is 1.76. The summed E-state index contributed by atoms with van der Waals surface area (Å²) in [5, 5.41) is 3.07. The van der Waals surface area contributed by atoms with Crippen molar-refractivity contribution >= 4 is 17.2 Å². The van der Waals surface area contributed by atoms with Gasteiger partial charge in [0.1, 0.15) is 11.6 Å². The van der Waals surface area contributed by atoms with E-state index in [1.54, 1.807) is 11.3 Å². The molecule has 0 spiro atoms. The van der Waals surface area contributed by atoms with Crippen molar-refractivity contribution in [3.05, 3.63) is 28.9 Å². The molecular weight excluding hydrogens is 218 g/mol. The van der Waals surface area contributed by atoms with Crippen LogP contribution in [0.2, 0.25) is 0 Å². The van der Waals surface area contributed by atoms with E-state index in [0.29, 0.717) is 0 Å². The summed E-state index contributed by atoms with van der Waals surface area (Å²) in [6.07, 6.45) is 0.854. The molecule has 0 aliphatic heterocycles. The summed E-state index contributed by atoms with van der Waals surface area (Å²) in [6.45, 7) is 4.17. The van der Waals surface area contributed by atoms with Gasteiger partial charge in [-0.3, -0.25) is 0 Å². The summed E-state index contributed by atoms with van der Waals surface area (Å²) in [6, 6.07) is 6.22. The highest BCUT2D eigenvalue weighted by Gasteiger charge is 2.06. The molecule has 0 saturated carbocycles. The minimum atomic E-state index is 0.854. The maximum Gasteiger partial charge on any atom is 0.131 e. The average molecular weight is 233 g/mol. The summed E-state index contributed by atoms with van der Waals surface area (Å²) in [7, 11) is 1.88. The van der Waals surface area contributed by atoms with Crippen molar-refractivity contribution in [3.63, 3.8) is 0 Å². The minimum absolute atomic E-state index is 0.854. The molecule has 3 nitrogen and oxygen atoms in total. The second-order valence-electron chi connectivity index (χ2n) is 3.57. The van der Waals surface area contributed by atoms with Crippen molar-refractivity contribution in [1.29, 1.82) is 0 Å². The van der Waals surface area contributed by atoms with Gasteiger partial charge in [0.15, 0.2) is 0 Å². The summed E-state index contributed by atoms with van der Waals surface area (Å²) in [5.41, 5.74) is 1.01. The third kappa shape index (κ3) is 2.22. The number of aromatic nitrogens is 2. The first-order valence-electron chi connectivity index (χ1n) is 5.35. The highest BCUT2D eigenvalue weighted by atomic mass is 32.1. The molecular formula is C12H15N3S. The zero-order valence-corrected chi connectivity index (χ0v) is 10.6. The van der Waals surface area contributed by atoms with E-state index >= 15 is 0 Å². The first kappa shape index (κ1) is 11.1. The van der Waals surface area contributed by atoms with Crippen molar-refractivity contribution in [2.45, 2.75) is 20.3 Å². The fourth-order valence-electron chi connectivity index (χ4n) is 1.48. The van der Waals surface area contributed by atoms with Crippen LogP contribution in [0.1, 0.15) is 17.6 Å². The Morgan fingerprint density at radius 2 is 2.12 bits per heavy atom. The molecule has 0 atom stereocenters. The second kappa shape index (κ2) is 4.61. The Hall–Kier alpha value is -1.42. The van der Waals surface area contributed by atoms with E-state index < -0.39 is 0 Å². The van der Waals surface area contributed by atoms with E-state index in [1.807, 2.05) is 13.1 Å². The van der Waals surface area contributed by atoms with E-state index in [-0.39, 0.29) is 0 Å². The van der Waals surface area contributed by atoms with Gasteiger partial charge in [0, 0.05) is 24.4 Å².